The van der Waals surface area contributed by atoms with Crippen LogP contribution in [0.2, 0.25) is 0 Å². The van der Waals surface area contributed by atoms with Crippen molar-refractivity contribution in [3.8, 4) is 22.8 Å². The smallest absolute Gasteiger partial charge is 0.322 e. The van der Waals surface area contributed by atoms with Gasteiger partial charge >= 0.3 is 6.03 Å². The summed E-state index contributed by atoms with van der Waals surface area (Å²) < 4.78 is 8.92. The third-order valence-electron chi connectivity index (χ3n) is 7.01. The number of fused-ring (bicyclic) bond motifs is 2. The van der Waals surface area contributed by atoms with Gasteiger partial charge in [-0.3, -0.25) is 10.1 Å². The molecule has 36 heavy (non-hydrogen) atoms. The van der Waals surface area contributed by atoms with Crippen molar-refractivity contribution in [3.63, 3.8) is 0 Å². The molecule has 6 rings (SSSR count). The second kappa shape index (κ2) is 7.91. The zero-order chi connectivity index (χ0) is 25.0. The van der Waals surface area contributed by atoms with Gasteiger partial charge in [0, 0.05) is 41.1 Å². The third kappa shape index (κ3) is 3.30. The SMILES string of the molecule is COc1ccc2cn(C[C@@]3(c4ccc(-c5ccc6c(ccn6C)c5)cc4)NC(=O)NC3=O)c(O)c2c1. The average Bonchev–Trinajstić information content (AvgIpc) is 3.51. The van der Waals surface area contributed by atoms with Crippen molar-refractivity contribution in [2.24, 2.45) is 7.05 Å². The van der Waals surface area contributed by atoms with Crippen LogP contribution in [0.15, 0.2) is 79.1 Å². The van der Waals surface area contributed by atoms with E-state index in [-0.39, 0.29) is 12.4 Å². The summed E-state index contributed by atoms with van der Waals surface area (Å²) in [6.45, 7) is 0.0166. The normalized spacial score (nSPS) is 17.5. The summed E-state index contributed by atoms with van der Waals surface area (Å²) in [5.41, 5.74) is 2.43. The Bertz CT molecular complexity index is 1660. The number of aromatic nitrogens is 2. The summed E-state index contributed by atoms with van der Waals surface area (Å²) in [5, 5.41) is 18.6. The maximum absolute atomic E-state index is 13.1. The Balaban J connectivity index is 1.39. The van der Waals surface area contributed by atoms with Gasteiger partial charge in [0.15, 0.2) is 11.4 Å². The average molecular weight is 481 g/mol. The van der Waals surface area contributed by atoms with Crippen molar-refractivity contribution in [2.75, 3.05) is 7.11 Å². The van der Waals surface area contributed by atoms with E-state index in [1.807, 2.05) is 43.6 Å². The number of aromatic hydroxyl groups is 1. The van der Waals surface area contributed by atoms with Crippen LogP contribution in [-0.4, -0.2) is 33.3 Å². The van der Waals surface area contributed by atoms with Crippen LogP contribution in [0.3, 0.4) is 0 Å². The third-order valence-corrected chi connectivity index (χ3v) is 7.01. The minimum absolute atomic E-state index is 0.00925. The van der Waals surface area contributed by atoms with Gasteiger partial charge in [-0.05, 0) is 53.1 Å². The van der Waals surface area contributed by atoms with Gasteiger partial charge in [0.2, 0.25) is 0 Å². The number of methoxy groups -OCH3 is 1. The number of ether oxygens (including phenoxy) is 1. The first-order valence-corrected chi connectivity index (χ1v) is 11.5. The van der Waals surface area contributed by atoms with Crippen LogP contribution in [0, 0.1) is 0 Å². The minimum Gasteiger partial charge on any atom is -0.497 e. The lowest BCUT2D eigenvalue weighted by atomic mass is 9.88. The molecule has 1 aliphatic rings. The maximum atomic E-state index is 13.1. The van der Waals surface area contributed by atoms with Crippen LogP contribution in [-0.2, 0) is 23.9 Å². The monoisotopic (exact) mass is 480 g/mol. The molecule has 3 N–H and O–H groups in total. The number of benzene rings is 3. The molecule has 2 aromatic heterocycles. The van der Waals surface area contributed by atoms with Gasteiger partial charge in [0.05, 0.1) is 13.7 Å². The highest BCUT2D eigenvalue weighted by Gasteiger charge is 2.48. The van der Waals surface area contributed by atoms with E-state index in [1.54, 1.807) is 30.0 Å². The summed E-state index contributed by atoms with van der Waals surface area (Å²) in [6, 6.07) is 20.7. The quantitative estimate of drug-likeness (QED) is 0.328. The molecule has 5 aromatic rings. The zero-order valence-corrected chi connectivity index (χ0v) is 19.8. The standard InChI is InChI=1S/C28H24N4O4/c1-31-12-11-19-13-18(6-10-24(19)31)17-3-7-21(8-4-17)28(26(34)29-27(35)30-28)16-32-15-20-5-9-22(36-2)14-23(20)25(32)33/h3-15,33H,16H2,1-2H3,(H2,29,30,34,35)/t28-/m0/s1. The van der Waals surface area contributed by atoms with E-state index >= 15 is 0 Å². The summed E-state index contributed by atoms with van der Waals surface area (Å²) >= 11 is 0. The Morgan fingerprint density at radius 2 is 1.72 bits per heavy atom. The fourth-order valence-corrected chi connectivity index (χ4v) is 5.03. The summed E-state index contributed by atoms with van der Waals surface area (Å²) in [6.07, 6.45) is 3.78. The Morgan fingerprint density at radius 3 is 2.44 bits per heavy atom. The first-order chi connectivity index (χ1) is 17.4. The molecule has 8 nitrogen and oxygen atoms in total. The number of nitrogens with zero attached hydrogens (tertiary/aromatic N) is 2. The molecule has 0 aliphatic carbocycles. The van der Waals surface area contributed by atoms with Crippen LogP contribution in [0.25, 0.3) is 32.8 Å². The van der Waals surface area contributed by atoms with Crippen molar-refractivity contribution < 1.29 is 19.4 Å². The lowest BCUT2D eigenvalue weighted by Crippen LogP contribution is -2.47. The zero-order valence-electron chi connectivity index (χ0n) is 19.8. The molecule has 0 radical (unpaired) electrons. The lowest BCUT2D eigenvalue weighted by molar-refractivity contribution is -0.124. The number of nitrogens with one attached hydrogen (secondary N) is 2. The van der Waals surface area contributed by atoms with E-state index in [4.69, 9.17) is 4.74 Å². The number of amides is 3. The molecule has 3 aromatic carbocycles. The number of aryl methyl sites for hydroxylation is 1. The van der Waals surface area contributed by atoms with Gasteiger partial charge in [-0.15, -0.1) is 0 Å². The minimum atomic E-state index is -1.38. The molecule has 3 amide bonds. The Hall–Kier alpha value is -4.72. The largest absolute Gasteiger partial charge is 0.497 e. The first kappa shape index (κ1) is 21.8. The number of hydrogen-bond acceptors (Lipinski definition) is 4. The maximum Gasteiger partial charge on any atom is 0.322 e. The van der Waals surface area contributed by atoms with Crippen LogP contribution >= 0.6 is 0 Å². The molecule has 1 atom stereocenters. The Kier molecular flexibility index (Phi) is 4.79. The predicted octanol–water partition coefficient (Wildman–Crippen LogP) is 4.25. The van der Waals surface area contributed by atoms with E-state index in [2.05, 4.69) is 39.5 Å². The van der Waals surface area contributed by atoms with Crippen LogP contribution in [0.4, 0.5) is 4.79 Å². The van der Waals surface area contributed by atoms with Gasteiger partial charge in [0.1, 0.15) is 5.75 Å². The van der Waals surface area contributed by atoms with Crippen molar-refractivity contribution in [3.05, 3.63) is 84.7 Å². The highest BCUT2D eigenvalue weighted by molar-refractivity contribution is 6.07. The van der Waals surface area contributed by atoms with Crippen molar-refractivity contribution in [1.29, 1.82) is 0 Å². The van der Waals surface area contributed by atoms with Gasteiger partial charge in [-0.2, -0.15) is 0 Å². The predicted molar refractivity (Wildman–Crippen MR) is 137 cm³/mol. The highest BCUT2D eigenvalue weighted by atomic mass is 16.5. The van der Waals surface area contributed by atoms with E-state index in [9.17, 15) is 14.7 Å². The fourth-order valence-electron chi connectivity index (χ4n) is 5.03. The molecule has 0 spiro atoms. The van der Waals surface area contributed by atoms with Gasteiger partial charge in [-0.1, -0.05) is 30.3 Å². The molecule has 1 aliphatic heterocycles. The number of imide groups is 1. The second-order valence-electron chi connectivity index (χ2n) is 9.12. The van der Waals surface area contributed by atoms with Gasteiger partial charge in [0.25, 0.3) is 5.91 Å². The molecular formula is C28H24N4O4. The van der Waals surface area contributed by atoms with Crippen LogP contribution in [0.5, 0.6) is 11.6 Å². The molecule has 1 saturated heterocycles. The van der Waals surface area contributed by atoms with Crippen molar-refractivity contribution >= 4 is 33.6 Å². The van der Waals surface area contributed by atoms with Crippen LogP contribution < -0.4 is 15.4 Å². The lowest BCUT2D eigenvalue weighted by Gasteiger charge is -2.27. The molecule has 0 saturated carbocycles. The molecule has 0 bridgehead atoms. The number of carbonyl (C=O) groups excluding carboxylic acids is 2. The number of rotatable bonds is 5. The van der Waals surface area contributed by atoms with Gasteiger partial charge in [-0.25, -0.2) is 4.79 Å². The Labute approximate surface area is 206 Å². The number of carbonyl (C=O) groups is 2. The first-order valence-electron chi connectivity index (χ1n) is 11.5. The van der Waals surface area contributed by atoms with Gasteiger partial charge < -0.3 is 24.3 Å². The summed E-state index contributed by atoms with van der Waals surface area (Å²) in [4.78, 5) is 25.4. The molecule has 180 valence electrons. The molecule has 8 heteroatoms. The molecular weight excluding hydrogens is 456 g/mol. The molecule has 0 unspecified atom stereocenters. The van der Waals surface area contributed by atoms with E-state index in [0.717, 1.165) is 27.4 Å². The highest BCUT2D eigenvalue weighted by Crippen LogP contribution is 2.35. The van der Waals surface area contributed by atoms with E-state index < -0.39 is 17.5 Å². The molecule has 1 fully saturated rings. The Morgan fingerprint density at radius 1 is 0.944 bits per heavy atom. The van der Waals surface area contributed by atoms with E-state index in [1.165, 1.54) is 0 Å². The van der Waals surface area contributed by atoms with Crippen molar-refractivity contribution in [1.82, 2.24) is 19.8 Å². The van der Waals surface area contributed by atoms with E-state index in [0.29, 0.717) is 16.7 Å². The number of hydrogen-bond donors (Lipinski definition) is 3. The second-order valence-corrected chi connectivity index (χ2v) is 9.12. The fraction of sp³-hybridized carbons (Fsp3) is 0.143. The molecule has 3 heterocycles. The summed E-state index contributed by atoms with van der Waals surface area (Å²) in [7, 11) is 3.57. The topological polar surface area (TPSA) is 97.5 Å². The van der Waals surface area contributed by atoms with Crippen LogP contribution in [0.1, 0.15) is 5.56 Å². The van der Waals surface area contributed by atoms with Crippen molar-refractivity contribution in [2.45, 2.75) is 12.1 Å². The number of urea groups is 1. The summed E-state index contributed by atoms with van der Waals surface area (Å²) in [5.74, 6) is 0.132.